The van der Waals surface area contributed by atoms with Crippen molar-refractivity contribution in [1.82, 2.24) is 9.78 Å². The van der Waals surface area contributed by atoms with E-state index in [1.54, 1.807) is 17.1 Å². The molecular weight excluding hydrogens is 224 g/mol. The van der Waals surface area contributed by atoms with Crippen LogP contribution in [0.4, 0.5) is 5.69 Å². The van der Waals surface area contributed by atoms with E-state index in [2.05, 4.69) is 23.1 Å². The van der Waals surface area contributed by atoms with Crippen LogP contribution in [0.3, 0.4) is 0 Å². The van der Waals surface area contributed by atoms with E-state index < -0.39 is 0 Å². The van der Waals surface area contributed by atoms with Gasteiger partial charge in [0.05, 0.1) is 17.4 Å². The molecule has 90 valence electrons. The van der Waals surface area contributed by atoms with Gasteiger partial charge in [0.1, 0.15) is 6.07 Å². The Kier molecular flexibility index (Phi) is 3.44. The third-order valence-electron chi connectivity index (χ3n) is 2.71. The highest BCUT2D eigenvalue weighted by Gasteiger charge is 2.04. The standard InChI is InChI=1S/C14H14N4/c1-3-18-10-12(9-17-18)8-16-14-6-4-5-11(2)13(14)7-15/h3-6,9-10,16H,1,8H2,2H3. The van der Waals surface area contributed by atoms with E-state index in [0.717, 1.165) is 16.8 Å². The van der Waals surface area contributed by atoms with Crippen molar-refractivity contribution in [3.05, 3.63) is 53.9 Å². The molecule has 0 atom stereocenters. The van der Waals surface area contributed by atoms with Gasteiger partial charge in [-0.05, 0) is 18.6 Å². The average molecular weight is 238 g/mol. The molecule has 1 heterocycles. The Bertz CT molecular complexity index is 604. The predicted octanol–water partition coefficient (Wildman–Crippen LogP) is 2.78. The van der Waals surface area contributed by atoms with E-state index in [9.17, 15) is 0 Å². The lowest BCUT2D eigenvalue weighted by atomic mass is 10.1. The van der Waals surface area contributed by atoms with Crippen molar-refractivity contribution in [3.8, 4) is 6.07 Å². The molecule has 0 saturated heterocycles. The number of rotatable bonds is 4. The van der Waals surface area contributed by atoms with Crippen LogP contribution in [-0.2, 0) is 6.54 Å². The number of aromatic nitrogens is 2. The number of nitrogens with zero attached hydrogens (tertiary/aromatic N) is 3. The zero-order valence-corrected chi connectivity index (χ0v) is 10.2. The highest BCUT2D eigenvalue weighted by molar-refractivity contribution is 5.60. The second-order valence-electron chi connectivity index (χ2n) is 3.97. The Hall–Kier alpha value is -2.54. The van der Waals surface area contributed by atoms with Crippen LogP contribution in [-0.4, -0.2) is 9.78 Å². The van der Waals surface area contributed by atoms with Gasteiger partial charge in [-0.2, -0.15) is 10.4 Å². The van der Waals surface area contributed by atoms with Crippen LogP contribution in [0.1, 0.15) is 16.7 Å². The van der Waals surface area contributed by atoms with E-state index in [1.807, 2.05) is 31.3 Å². The van der Waals surface area contributed by atoms with E-state index in [0.29, 0.717) is 12.1 Å². The van der Waals surface area contributed by atoms with Gasteiger partial charge >= 0.3 is 0 Å². The van der Waals surface area contributed by atoms with E-state index in [1.165, 1.54) is 0 Å². The molecule has 0 fully saturated rings. The molecule has 0 aliphatic heterocycles. The molecule has 1 N–H and O–H groups in total. The van der Waals surface area contributed by atoms with Gasteiger partial charge in [-0.25, -0.2) is 4.68 Å². The molecule has 0 spiro atoms. The molecule has 2 rings (SSSR count). The van der Waals surface area contributed by atoms with Crippen molar-refractivity contribution in [2.75, 3.05) is 5.32 Å². The first kappa shape index (κ1) is 11.9. The lowest BCUT2D eigenvalue weighted by Gasteiger charge is -2.08. The summed E-state index contributed by atoms with van der Waals surface area (Å²) < 4.78 is 1.65. The topological polar surface area (TPSA) is 53.6 Å². The minimum absolute atomic E-state index is 0.631. The molecular formula is C14H14N4. The van der Waals surface area contributed by atoms with Crippen LogP contribution in [0.25, 0.3) is 6.20 Å². The van der Waals surface area contributed by atoms with Gasteiger partial charge < -0.3 is 5.32 Å². The maximum Gasteiger partial charge on any atom is 0.102 e. The third kappa shape index (κ3) is 2.41. The second-order valence-corrected chi connectivity index (χ2v) is 3.97. The Balaban J connectivity index is 2.13. The highest BCUT2D eigenvalue weighted by atomic mass is 15.2. The molecule has 1 aromatic carbocycles. The van der Waals surface area contributed by atoms with Crippen molar-refractivity contribution in [3.63, 3.8) is 0 Å². The molecule has 0 bridgehead atoms. The zero-order chi connectivity index (χ0) is 13.0. The molecule has 0 unspecified atom stereocenters. The van der Waals surface area contributed by atoms with E-state index in [-0.39, 0.29) is 0 Å². The Morgan fingerprint density at radius 1 is 1.56 bits per heavy atom. The summed E-state index contributed by atoms with van der Waals surface area (Å²) in [6.45, 7) is 6.20. The van der Waals surface area contributed by atoms with Gasteiger partial charge in [0.15, 0.2) is 0 Å². The zero-order valence-electron chi connectivity index (χ0n) is 10.2. The number of nitrogens with one attached hydrogen (secondary N) is 1. The van der Waals surface area contributed by atoms with Crippen molar-refractivity contribution in [2.45, 2.75) is 13.5 Å². The lowest BCUT2D eigenvalue weighted by Crippen LogP contribution is -2.01. The Morgan fingerprint density at radius 3 is 3.06 bits per heavy atom. The molecule has 0 radical (unpaired) electrons. The molecule has 2 aromatic rings. The number of hydrogen-bond donors (Lipinski definition) is 1. The maximum absolute atomic E-state index is 9.12. The number of nitriles is 1. The van der Waals surface area contributed by atoms with Gasteiger partial charge in [-0.1, -0.05) is 18.7 Å². The Morgan fingerprint density at radius 2 is 2.39 bits per heavy atom. The SMILES string of the molecule is C=Cn1cc(CNc2cccc(C)c2C#N)cn1. The monoisotopic (exact) mass is 238 g/mol. The quantitative estimate of drug-likeness (QED) is 0.891. The summed E-state index contributed by atoms with van der Waals surface area (Å²) in [5.74, 6) is 0. The molecule has 0 saturated carbocycles. The normalized spacial score (nSPS) is 9.78. The van der Waals surface area contributed by atoms with Gasteiger partial charge in [0.25, 0.3) is 0 Å². The summed E-state index contributed by atoms with van der Waals surface area (Å²) in [5, 5.41) is 16.5. The van der Waals surface area contributed by atoms with Crippen molar-refractivity contribution >= 4 is 11.9 Å². The second kappa shape index (κ2) is 5.19. The lowest BCUT2D eigenvalue weighted by molar-refractivity contribution is 0.936. The molecule has 18 heavy (non-hydrogen) atoms. The van der Waals surface area contributed by atoms with Crippen LogP contribution in [0.5, 0.6) is 0 Å². The summed E-state index contributed by atoms with van der Waals surface area (Å²) >= 11 is 0. The number of aryl methyl sites for hydroxylation is 1. The summed E-state index contributed by atoms with van der Waals surface area (Å²) in [4.78, 5) is 0. The fraction of sp³-hybridized carbons (Fsp3) is 0.143. The smallest absolute Gasteiger partial charge is 0.102 e. The Labute approximate surface area is 106 Å². The predicted molar refractivity (Wildman–Crippen MR) is 71.8 cm³/mol. The van der Waals surface area contributed by atoms with Crippen LogP contribution in [0.2, 0.25) is 0 Å². The number of anilines is 1. The minimum Gasteiger partial charge on any atom is -0.380 e. The number of benzene rings is 1. The molecule has 4 heteroatoms. The van der Waals surface area contributed by atoms with Gasteiger partial charge in [0, 0.05) is 24.5 Å². The molecule has 0 aliphatic carbocycles. The summed E-state index contributed by atoms with van der Waals surface area (Å²) in [5.41, 5.74) is 3.56. The van der Waals surface area contributed by atoms with E-state index in [4.69, 9.17) is 5.26 Å². The first-order chi connectivity index (χ1) is 8.74. The fourth-order valence-corrected chi connectivity index (χ4v) is 1.73. The number of hydrogen-bond acceptors (Lipinski definition) is 3. The van der Waals surface area contributed by atoms with Crippen molar-refractivity contribution in [2.24, 2.45) is 0 Å². The minimum atomic E-state index is 0.631. The largest absolute Gasteiger partial charge is 0.380 e. The molecule has 1 aromatic heterocycles. The van der Waals surface area contributed by atoms with Gasteiger partial charge in [0.2, 0.25) is 0 Å². The van der Waals surface area contributed by atoms with Crippen molar-refractivity contribution in [1.29, 1.82) is 5.26 Å². The van der Waals surface area contributed by atoms with Gasteiger partial charge in [-0.3, -0.25) is 0 Å². The van der Waals surface area contributed by atoms with Crippen molar-refractivity contribution < 1.29 is 0 Å². The molecule has 4 nitrogen and oxygen atoms in total. The van der Waals surface area contributed by atoms with Crippen LogP contribution >= 0.6 is 0 Å². The van der Waals surface area contributed by atoms with Crippen LogP contribution in [0, 0.1) is 18.3 Å². The van der Waals surface area contributed by atoms with Gasteiger partial charge in [-0.15, -0.1) is 0 Å². The summed E-state index contributed by atoms with van der Waals surface area (Å²) in [7, 11) is 0. The molecule has 0 amide bonds. The van der Waals surface area contributed by atoms with Crippen LogP contribution < -0.4 is 5.32 Å². The summed E-state index contributed by atoms with van der Waals surface area (Å²) in [6.07, 6.45) is 5.30. The fourth-order valence-electron chi connectivity index (χ4n) is 1.73. The highest BCUT2D eigenvalue weighted by Crippen LogP contribution is 2.18. The third-order valence-corrected chi connectivity index (χ3v) is 2.71. The summed E-state index contributed by atoms with van der Waals surface area (Å²) in [6, 6.07) is 7.99. The molecule has 0 aliphatic rings. The van der Waals surface area contributed by atoms with Crippen LogP contribution in [0.15, 0.2) is 37.2 Å². The first-order valence-corrected chi connectivity index (χ1v) is 5.63. The first-order valence-electron chi connectivity index (χ1n) is 5.63. The van der Waals surface area contributed by atoms with E-state index >= 15 is 0 Å². The average Bonchev–Trinajstić information content (AvgIpc) is 2.84. The maximum atomic E-state index is 9.12.